The zero-order chi connectivity index (χ0) is 22.5. The van der Waals surface area contributed by atoms with E-state index in [1.807, 2.05) is 6.07 Å². The fraction of sp³-hybridized carbons (Fsp3) is 0.409. The summed E-state index contributed by atoms with van der Waals surface area (Å²) in [7, 11) is 2.14. The number of carbonyl (C=O) groups excluding carboxylic acids is 1. The summed E-state index contributed by atoms with van der Waals surface area (Å²) in [4.78, 5) is 13.4. The molecule has 8 heteroatoms. The van der Waals surface area contributed by atoms with Gasteiger partial charge >= 0.3 is 6.18 Å². The zero-order valence-corrected chi connectivity index (χ0v) is 18.7. The lowest BCUT2D eigenvalue weighted by molar-refractivity contribution is -0.156. The van der Waals surface area contributed by atoms with Gasteiger partial charge in [-0.25, -0.2) is 0 Å². The van der Waals surface area contributed by atoms with Crippen LogP contribution in [0.5, 0.6) is 0 Å². The fourth-order valence-corrected chi connectivity index (χ4v) is 4.21. The van der Waals surface area contributed by atoms with E-state index < -0.39 is 12.5 Å². The van der Waals surface area contributed by atoms with Gasteiger partial charge in [0.2, 0.25) is 6.29 Å². The van der Waals surface area contributed by atoms with E-state index in [0.717, 1.165) is 31.2 Å². The maximum atomic E-state index is 10.4. The number of carbonyl (C=O) groups is 1. The topological polar surface area (TPSA) is 23.6 Å². The summed E-state index contributed by atoms with van der Waals surface area (Å²) in [5.41, 5.74) is 5.06. The van der Waals surface area contributed by atoms with Gasteiger partial charge in [0, 0.05) is 47.8 Å². The molecule has 164 valence electrons. The van der Waals surface area contributed by atoms with E-state index in [0.29, 0.717) is 10.9 Å². The van der Waals surface area contributed by atoms with Gasteiger partial charge in [-0.1, -0.05) is 35.3 Å². The first kappa shape index (κ1) is 24.5. The van der Waals surface area contributed by atoms with Crippen LogP contribution in [0.1, 0.15) is 36.5 Å². The summed E-state index contributed by atoms with van der Waals surface area (Å²) in [5, 5.41) is 1.49. The van der Waals surface area contributed by atoms with Crippen LogP contribution >= 0.6 is 23.2 Å². The first-order chi connectivity index (χ1) is 14.1. The van der Waals surface area contributed by atoms with Crippen molar-refractivity contribution in [3.8, 4) is 0 Å². The number of hydrogen-bond donors (Lipinski definition) is 0. The minimum absolute atomic E-state index is 0.306. The van der Waals surface area contributed by atoms with Crippen molar-refractivity contribution in [2.24, 2.45) is 0 Å². The number of fused-ring (bicyclic) bond motifs is 1. The number of likely N-dealkylation sites (N-methyl/N-ethyl adjacent to an activating group) is 1. The minimum atomic E-state index is -4.64. The Labute approximate surface area is 185 Å². The van der Waals surface area contributed by atoms with E-state index in [9.17, 15) is 13.2 Å². The summed E-state index contributed by atoms with van der Waals surface area (Å²) in [5.74, 6) is 0.306. The Kier molecular flexibility index (Phi) is 8.59. The zero-order valence-electron chi connectivity index (χ0n) is 17.1. The van der Waals surface area contributed by atoms with Crippen LogP contribution in [-0.2, 0) is 11.3 Å². The molecule has 3 rings (SSSR count). The summed E-state index contributed by atoms with van der Waals surface area (Å²) in [6, 6.07) is 12.9. The molecular formula is C22H25Cl2F3N2O. The molecule has 0 bridgehead atoms. The van der Waals surface area contributed by atoms with Crippen molar-refractivity contribution in [2.75, 3.05) is 31.6 Å². The van der Waals surface area contributed by atoms with Crippen molar-refractivity contribution in [2.45, 2.75) is 32.5 Å². The first-order valence-electron chi connectivity index (χ1n) is 9.63. The van der Waals surface area contributed by atoms with Gasteiger partial charge in [0.1, 0.15) is 0 Å². The van der Waals surface area contributed by atoms with E-state index in [-0.39, 0.29) is 0 Å². The normalized spacial score (nSPS) is 16.3. The van der Waals surface area contributed by atoms with Crippen LogP contribution in [-0.4, -0.2) is 44.0 Å². The Hall–Kier alpha value is -1.76. The standard InChI is InChI=1S/C20H24Cl2N2.C2HF3O/c1-4-24(5-2)16-8-6-14(7-9-16)18-12-23(3)13-19-17(18)10-15(21)11-20(19)22;3-2(4,5)1-6/h6-11,18H,4-5,12-13H2,1-3H3;1H. The number of rotatable bonds is 4. The van der Waals surface area contributed by atoms with Crippen LogP contribution in [0.2, 0.25) is 10.0 Å². The number of benzene rings is 2. The first-order valence-corrected chi connectivity index (χ1v) is 10.4. The molecule has 0 amide bonds. The van der Waals surface area contributed by atoms with Crippen LogP contribution in [0.4, 0.5) is 18.9 Å². The molecule has 0 saturated heterocycles. The molecule has 1 heterocycles. The molecule has 0 spiro atoms. The van der Waals surface area contributed by atoms with Crippen LogP contribution < -0.4 is 4.90 Å². The van der Waals surface area contributed by atoms with Gasteiger partial charge in [-0.2, -0.15) is 13.2 Å². The molecule has 0 aliphatic carbocycles. The molecule has 1 atom stereocenters. The smallest absolute Gasteiger partial charge is 0.372 e. The lowest BCUT2D eigenvalue weighted by Crippen LogP contribution is -2.31. The molecule has 1 aliphatic heterocycles. The van der Waals surface area contributed by atoms with Crippen molar-refractivity contribution >= 4 is 35.2 Å². The molecule has 0 aromatic heterocycles. The van der Waals surface area contributed by atoms with Crippen LogP contribution in [0.15, 0.2) is 36.4 Å². The SMILES string of the molecule is CCN(CC)c1ccc(C2CN(C)Cc3c(Cl)cc(Cl)cc32)cc1.O=CC(F)(F)F. The quantitative estimate of drug-likeness (QED) is 0.510. The molecule has 2 aromatic carbocycles. The highest BCUT2D eigenvalue weighted by molar-refractivity contribution is 6.35. The summed E-state index contributed by atoms with van der Waals surface area (Å²) in [6.07, 6.45) is -5.70. The summed E-state index contributed by atoms with van der Waals surface area (Å²) < 4.78 is 31.2. The highest BCUT2D eigenvalue weighted by atomic mass is 35.5. The van der Waals surface area contributed by atoms with Gasteiger partial charge in [0.15, 0.2) is 0 Å². The molecule has 0 saturated carbocycles. The highest BCUT2D eigenvalue weighted by Crippen LogP contribution is 2.38. The third-order valence-corrected chi connectivity index (χ3v) is 5.61. The van der Waals surface area contributed by atoms with E-state index in [1.54, 1.807) is 0 Å². The average Bonchev–Trinajstić information content (AvgIpc) is 2.69. The number of alkyl halides is 3. The molecule has 0 fully saturated rings. The van der Waals surface area contributed by atoms with E-state index in [4.69, 9.17) is 28.0 Å². The van der Waals surface area contributed by atoms with Gasteiger partial charge in [-0.3, -0.25) is 4.79 Å². The summed E-state index contributed by atoms with van der Waals surface area (Å²) >= 11 is 12.7. The number of nitrogens with zero attached hydrogens (tertiary/aromatic N) is 2. The highest BCUT2D eigenvalue weighted by Gasteiger charge is 2.27. The second-order valence-electron chi connectivity index (χ2n) is 7.13. The summed E-state index contributed by atoms with van der Waals surface area (Å²) in [6.45, 7) is 8.28. The minimum Gasteiger partial charge on any atom is -0.372 e. The van der Waals surface area contributed by atoms with Crippen molar-refractivity contribution in [3.05, 3.63) is 63.1 Å². The van der Waals surface area contributed by atoms with Gasteiger partial charge in [-0.05, 0) is 61.9 Å². The third kappa shape index (κ3) is 6.37. The Morgan fingerprint density at radius 2 is 1.70 bits per heavy atom. The van der Waals surface area contributed by atoms with Crippen LogP contribution in [0.25, 0.3) is 0 Å². The molecule has 3 nitrogen and oxygen atoms in total. The van der Waals surface area contributed by atoms with E-state index in [1.165, 1.54) is 22.4 Å². The Morgan fingerprint density at radius 1 is 1.13 bits per heavy atom. The van der Waals surface area contributed by atoms with Crippen LogP contribution in [0.3, 0.4) is 0 Å². The molecule has 2 aromatic rings. The average molecular weight is 461 g/mol. The van der Waals surface area contributed by atoms with Gasteiger partial charge < -0.3 is 9.80 Å². The maximum Gasteiger partial charge on any atom is 0.446 e. The molecule has 0 radical (unpaired) electrons. The van der Waals surface area contributed by atoms with Crippen molar-refractivity contribution in [1.82, 2.24) is 4.90 Å². The maximum absolute atomic E-state index is 10.4. The van der Waals surface area contributed by atoms with Crippen molar-refractivity contribution in [1.29, 1.82) is 0 Å². The van der Waals surface area contributed by atoms with E-state index in [2.05, 4.69) is 61.0 Å². The third-order valence-electron chi connectivity index (χ3n) is 5.05. The van der Waals surface area contributed by atoms with Gasteiger partial charge in [0.05, 0.1) is 0 Å². The van der Waals surface area contributed by atoms with Crippen LogP contribution in [0, 0.1) is 0 Å². The molecule has 0 N–H and O–H groups in total. The number of hydrogen-bond acceptors (Lipinski definition) is 3. The van der Waals surface area contributed by atoms with Gasteiger partial charge in [0.25, 0.3) is 0 Å². The van der Waals surface area contributed by atoms with Crippen molar-refractivity contribution < 1.29 is 18.0 Å². The number of anilines is 1. The molecule has 1 aliphatic rings. The second kappa shape index (κ2) is 10.5. The predicted molar refractivity (Wildman–Crippen MR) is 117 cm³/mol. The number of aldehydes is 1. The largest absolute Gasteiger partial charge is 0.446 e. The van der Waals surface area contributed by atoms with Crippen molar-refractivity contribution in [3.63, 3.8) is 0 Å². The Morgan fingerprint density at radius 3 is 2.20 bits per heavy atom. The number of halogens is 5. The predicted octanol–water partition coefficient (Wildman–Crippen LogP) is 6.16. The molecule has 1 unspecified atom stereocenters. The van der Waals surface area contributed by atoms with E-state index >= 15 is 0 Å². The lowest BCUT2D eigenvalue weighted by Gasteiger charge is -2.33. The Balaban J connectivity index is 0.000000469. The lowest BCUT2D eigenvalue weighted by atomic mass is 9.84. The monoisotopic (exact) mass is 460 g/mol. The second-order valence-corrected chi connectivity index (χ2v) is 7.97. The Bertz CT molecular complexity index is 853. The molecule has 30 heavy (non-hydrogen) atoms. The fourth-order valence-electron chi connectivity index (χ4n) is 3.64. The molecular weight excluding hydrogens is 436 g/mol. The van der Waals surface area contributed by atoms with Gasteiger partial charge in [-0.15, -0.1) is 0 Å².